The summed E-state index contributed by atoms with van der Waals surface area (Å²) in [6.07, 6.45) is 3.51. The number of rotatable bonds is 5. The van der Waals surface area contributed by atoms with E-state index in [0.29, 0.717) is 48.2 Å². The van der Waals surface area contributed by atoms with Gasteiger partial charge in [0.1, 0.15) is 0 Å². The Balaban J connectivity index is 1.78. The van der Waals surface area contributed by atoms with Gasteiger partial charge in [-0.25, -0.2) is 4.98 Å². The molecule has 0 atom stereocenters. The smallest absolute Gasteiger partial charge is 0.294 e. The third kappa shape index (κ3) is 4.72. The van der Waals surface area contributed by atoms with E-state index in [0.717, 1.165) is 0 Å². The third-order valence-electron chi connectivity index (χ3n) is 6.25. The molecule has 0 unspecified atom stereocenters. The molecule has 8 nitrogen and oxygen atoms in total. The summed E-state index contributed by atoms with van der Waals surface area (Å²) in [5.74, 6) is -2.54. The topological polar surface area (TPSA) is 113 Å². The number of nitrogens with zero attached hydrogens (tertiary/aromatic N) is 2. The molecule has 172 valence electrons. The first-order chi connectivity index (χ1) is 14.9. The van der Waals surface area contributed by atoms with Crippen LogP contribution in [0, 0.1) is 26.7 Å². The fourth-order valence-electron chi connectivity index (χ4n) is 4.20. The van der Waals surface area contributed by atoms with Gasteiger partial charge in [-0.05, 0) is 65.0 Å². The number of nitrogens with one attached hydrogen (secondary N) is 2. The molecule has 2 aromatic rings. The molecule has 32 heavy (non-hydrogen) atoms. The Labute approximate surface area is 186 Å². The second-order valence-electron chi connectivity index (χ2n) is 8.85. The van der Waals surface area contributed by atoms with Crippen molar-refractivity contribution in [1.82, 2.24) is 14.9 Å². The van der Waals surface area contributed by atoms with Gasteiger partial charge in [0.25, 0.3) is 17.6 Å². The van der Waals surface area contributed by atoms with Gasteiger partial charge in [-0.2, -0.15) is 4.39 Å². The van der Waals surface area contributed by atoms with Gasteiger partial charge in [-0.3, -0.25) is 14.4 Å². The van der Waals surface area contributed by atoms with Crippen LogP contribution in [0.2, 0.25) is 0 Å². The summed E-state index contributed by atoms with van der Waals surface area (Å²) >= 11 is 0. The molecule has 2 amide bonds. The second kappa shape index (κ2) is 8.82. The van der Waals surface area contributed by atoms with Gasteiger partial charge in [0.2, 0.25) is 5.95 Å². The number of pyridine rings is 1. The van der Waals surface area contributed by atoms with Crippen LogP contribution >= 0.6 is 0 Å². The largest absolute Gasteiger partial charge is 0.390 e. The van der Waals surface area contributed by atoms with Gasteiger partial charge < -0.3 is 20.3 Å². The van der Waals surface area contributed by atoms with E-state index in [1.54, 1.807) is 34.7 Å². The Bertz CT molecular complexity index is 1080. The number of aromatic nitrogens is 2. The Morgan fingerprint density at radius 3 is 2.44 bits per heavy atom. The van der Waals surface area contributed by atoms with Crippen LogP contribution in [0.15, 0.2) is 12.3 Å². The van der Waals surface area contributed by atoms with Crippen molar-refractivity contribution in [3.8, 4) is 0 Å². The molecule has 2 aromatic heterocycles. The molecule has 1 fully saturated rings. The van der Waals surface area contributed by atoms with Crippen molar-refractivity contribution in [1.29, 1.82) is 0 Å². The number of aryl methyl sites for hydroxylation is 1. The number of aliphatic hydroxyl groups is 1. The molecule has 0 spiro atoms. The minimum atomic E-state index is -0.738. The molecule has 0 radical (unpaired) electrons. The highest BCUT2D eigenvalue weighted by Crippen LogP contribution is 2.28. The highest BCUT2D eigenvalue weighted by molar-refractivity contribution is 6.43. The maximum atomic E-state index is 13.4. The first-order valence-electron chi connectivity index (χ1n) is 10.6. The van der Waals surface area contributed by atoms with Gasteiger partial charge in [0, 0.05) is 24.3 Å². The van der Waals surface area contributed by atoms with Crippen LogP contribution < -0.4 is 10.6 Å². The van der Waals surface area contributed by atoms with Crippen LogP contribution in [-0.2, 0) is 11.8 Å². The lowest BCUT2D eigenvalue weighted by Gasteiger charge is -2.33. The first kappa shape index (κ1) is 23.6. The number of ketones is 1. The summed E-state index contributed by atoms with van der Waals surface area (Å²) in [6, 6.07) is 1.29. The Hall–Kier alpha value is -3.07. The van der Waals surface area contributed by atoms with Crippen molar-refractivity contribution in [2.24, 2.45) is 7.05 Å². The predicted octanol–water partition coefficient (Wildman–Crippen LogP) is 2.73. The summed E-state index contributed by atoms with van der Waals surface area (Å²) in [5, 5.41) is 15.5. The lowest BCUT2D eigenvalue weighted by atomic mass is 9.83. The zero-order valence-corrected chi connectivity index (χ0v) is 19.0. The van der Waals surface area contributed by atoms with Crippen LogP contribution in [0.5, 0.6) is 0 Å². The fourth-order valence-corrected chi connectivity index (χ4v) is 4.20. The molecule has 9 heteroatoms. The van der Waals surface area contributed by atoms with Crippen LogP contribution in [0.1, 0.15) is 70.3 Å². The highest BCUT2D eigenvalue weighted by Gasteiger charge is 2.33. The van der Waals surface area contributed by atoms with E-state index in [4.69, 9.17) is 0 Å². The standard InChI is InChI=1S/C23H29FN4O4/c1-12-10-16(11-25-20(12)24)27-21(30)17-13(2)18(28(5)14(17)3)19(29)22(31)26-15-6-8-23(4,32)9-7-15/h10-11,15,32H,6-9H2,1-5H3,(H,26,31)(H,27,30)/t15-,23-. The normalized spacial score (nSPS) is 20.7. The number of Topliss-reactive ketones (excluding diaryl/α,β-unsaturated/α-hetero) is 1. The van der Waals surface area contributed by atoms with Crippen molar-refractivity contribution in [3.05, 3.63) is 46.3 Å². The number of carbonyl (C=O) groups is 3. The summed E-state index contributed by atoms with van der Waals surface area (Å²) in [4.78, 5) is 42.1. The van der Waals surface area contributed by atoms with Crippen LogP contribution in [0.25, 0.3) is 0 Å². The minimum Gasteiger partial charge on any atom is -0.390 e. The average Bonchev–Trinajstić information content (AvgIpc) is 2.94. The number of hydrogen-bond donors (Lipinski definition) is 3. The van der Waals surface area contributed by atoms with E-state index in [9.17, 15) is 23.9 Å². The molecule has 1 aliphatic rings. The molecule has 1 aliphatic carbocycles. The minimum absolute atomic E-state index is 0.140. The molecule has 0 aliphatic heterocycles. The lowest BCUT2D eigenvalue weighted by molar-refractivity contribution is -0.118. The summed E-state index contributed by atoms with van der Waals surface area (Å²) in [6.45, 7) is 6.62. The maximum Gasteiger partial charge on any atom is 0.294 e. The molecule has 1 saturated carbocycles. The van der Waals surface area contributed by atoms with E-state index in [1.165, 1.54) is 16.8 Å². The van der Waals surface area contributed by atoms with Gasteiger partial charge in [0.15, 0.2) is 0 Å². The predicted molar refractivity (Wildman–Crippen MR) is 117 cm³/mol. The zero-order chi connectivity index (χ0) is 23.8. The Morgan fingerprint density at radius 1 is 1.22 bits per heavy atom. The number of amides is 2. The number of anilines is 1. The Kier molecular flexibility index (Phi) is 6.50. The third-order valence-corrected chi connectivity index (χ3v) is 6.25. The highest BCUT2D eigenvalue weighted by atomic mass is 19.1. The van der Waals surface area contributed by atoms with Crippen molar-refractivity contribution in [2.75, 3.05) is 5.32 Å². The van der Waals surface area contributed by atoms with Crippen molar-refractivity contribution < 1.29 is 23.9 Å². The second-order valence-corrected chi connectivity index (χ2v) is 8.85. The summed E-state index contributed by atoms with van der Waals surface area (Å²) in [7, 11) is 1.63. The molecule has 0 bridgehead atoms. The van der Waals surface area contributed by atoms with E-state index >= 15 is 0 Å². The molecule has 3 N–H and O–H groups in total. The number of carbonyl (C=O) groups excluding carboxylic acids is 3. The zero-order valence-electron chi connectivity index (χ0n) is 19.0. The summed E-state index contributed by atoms with van der Waals surface area (Å²) < 4.78 is 14.9. The number of hydrogen-bond acceptors (Lipinski definition) is 5. The van der Waals surface area contributed by atoms with E-state index in [-0.39, 0.29) is 17.3 Å². The Morgan fingerprint density at radius 2 is 1.84 bits per heavy atom. The SMILES string of the molecule is Cc1cc(NC(=O)c2c(C)c(C(=O)C(=O)N[C@H]3CC[C@](C)(O)CC3)n(C)c2C)cnc1F. The van der Waals surface area contributed by atoms with Gasteiger partial charge in [-0.15, -0.1) is 0 Å². The quantitative estimate of drug-likeness (QED) is 0.373. The van der Waals surface area contributed by atoms with E-state index < -0.39 is 29.1 Å². The van der Waals surface area contributed by atoms with Gasteiger partial charge in [-0.1, -0.05) is 0 Å². The van der Waals surface area contributed by atoms with Crippen molar-refractivity contribution in [2.45, 2.75) is 65.0 Å². The molecule has 0 saturated heterocycles. The van der Waals surface area contributed by atoms with Crippen molar-refractivity contribution in [3.63, 3.8) is 0 Å². The van der Waals surface area contributed by atoms with E-state index in [2.05, 4.69) is 15.6 Å². The van der Waals surface area contributed by atoms with Crippen molar-refractivity contribution >= 4 is 23.3 Å². The average molecular weight is 445 g/mol. The van der Waals surface area contributed by atoms with Crippen LogP contribution in [0.3, 0.4) is 0 Å². The maximum absolute atomic E-state index is 13.4. The molecule has 2 heterocycles. The van der Waals surface area contributed by atoms with Crippen LogP contribution in [-0.4, -0.2) is 43.9 Å². The molecule has 0 aromatic carbocycles. The molecular weight excluding hydrogens is 415 g/mol. The molecular formula is C23H29FN4O4. The lowest BCUT2D eigenvalue weighted by Crippen LogP contribution is -2.44. The van der Waals surface area contributed by atoms with E-state index in [1.807, 2.05) is 0 Å². The molecule has 3 rings (SSSR count). The van der Waals surface area contributed by atoms with Gasteiger partial charge >= 0.3 is 0 Å². The van der Waals surface area contributed by atoms with Crippen LogP contribution in [0.4, 0.5) is 10.1 Å². The number of halogens is 1. The fraction of sp³-hybridized carbons (Fsp3) is 0.478. The summed E-state index contributed by atoms with van der Waals surface area (Å²) in [5.41, 5.74) is 1.22. The monoisotopic (exact) mass is 444 g/mol. The van der Waals surface area contributed by atoms with Gasteiger partial charge in [0.05, 0.1) is 28.7 Å². The first-order valence-corrected chi connectivity index (χ1v) is 10.6.